The highest BCUT2D eigenvalue weighted by Gasteiger charge is 2.53. The van der Waals surface area contributed by atoms with Crippen LogP contribution in [0.2, 0.25) is 0 Å². The van der Waals surface area contributed by atoms with Crippen molar-refractivity contribution < 1.29 is 28.9 Å². The summed E-state index contributed by atoms with van der Waals surface area (Å²) in [6.07, 6.45) is 1.43. The van der Waals surface area contributed by atoms with Crippen molar-refractivity contribution in [3.8, 4) is 0 Å². The average molecular weight is 441 g/mol. The Morgan fingerprint density at radius 1 is 1.17 bits per heavy atom. The Balaban J connectivity index is 1.53. The normalized spacial score (nSPS) is 24.3. The van der Waals surface area contributed by atoms with E-state index in [0.29, 0.717) is 44.9 Å². The first-order valence-corrected chi connectivity index (χ1v) is 11.5. The molecular weight excluding hydrogens is 410 g/mol. The number of fused-ring (bicyclic) bond motifs is 1. The number of hydrogen-bond acceptors (Lipinski definition) is 4. The number of carbonyl (C=O) groups is 1. The summed E-state index contributed by atoms with van der Waals surface area (Å²) in [5.74, 6) is -5.14. The quantitative estimate of drug-likeness (QED) is 0.388. The predicted molar refractivity (Wildman–Crippen MR) is 114 cm³/mol. The Morgan fingerprint density at radius 2 is 1.90 bits per heavy atom. The van der Waals surface area contributed by atoms with Crippen molar-refractivity contribution in [1.29, 1.82) is 0 Å². The van der Waals surface area contributed by atoms with Crippen LogP contribution in [-0.4, -0.2) is 33.3 Å². The third-order valence-electron chi connectivity index (χ3n) is 6.24. The second kappa shape index (κ2) is 10.2. The van der Waals surface area contributed by atoms with Crippen LogP contribution < -0.4 is 0 Å². The maximum atomic E-state index is 14.5. The van der Waals surface area contributed by atoms with Gasteiger partial charge in [-0.25, -0.2) is 8.78 Å². The average Bonchev–Trinajstić information content (AvgIpc) is 3.20. The molecule has 1 saturated carbocycles. The van der Waals surface area contributed by atoms with Crippen LogP contribution in [0.5, 0.6) is 0 Å². The Kier molecular flexibility index (Phi) is 7.82. The van der Waals surface area contributed by atoms with Crippen molar-refractivity contribution in [1.82, 2.24) is 0 Å². The number of benzene rings is 1. The van der Waals surface area contributed by atoms with Crippen LogP contribution in [0.1, 0.15) is 68.8 Å². The third kappa shape index (κ3) is 5.77. The van der Waals surface area contributed by atoms with E-state index in [4.69, 9.17) is 5.11 Å². The van der Waals surface area contributed by atoms with Gasteiger partial charge in [0, 0.05) is 28.3 Å². The minimum absolute atomic E-state index is 0.108. The van der Waals surface area contributed by atoms with Gasteiger partial charge in [-0.3, -0.25) is 4.79 Å². The smallest absolute Gasteiger partial charge is 0.303 e. The molecule has 1 aromatic carbocycles. The van der Waals surface area contributed by atoms with Crippen molar-refractivity contribution in [2.75, 3.05) is 0 Å². The molecule has 30 heavy (non-hydrogen) atoms. The molecule has 0 unspecified atom stereocenters. The largest absolute Gasteiger partial charge is 0.481 e. The molecule has 1 heterocycles. The number of aliphatic hydroxyl groups is 2. The van der Waals surface area contributed by atoms with Gasteiger partial charge in [0.2, 0.25) is 0 Å². The van der Waals surface area contributed by atoms with Gasteiger partial charge in [0.15, 0.2) is 0 Å². The highest BCUT2D eigenvalue weighted by molar-refractivity contribution is 7.19. The Morgan fingerprint density at radius 3 is 2.63 bits per heavy atom. The molecule has 0 amide bonds. The molecular formula is C23H30F2O4S. The van der Waals surface area contributed by atoms with Gasteiger partial charge in [-0.1, -0.05) is 37.5 Å². The van der Waals surface area contributed by atoms with Crippen molar-refractivity contribution in [2.24, 2.45) is 11.8 Å². The van der Waals surface area contributed by atoms with Crippen LogP contribution in [0.3, 0.4) is 0 Å². The summed E-state index contributed by atoms with van der Waals surface area (Å²) in [6, 6.07) is 9.80. The summed E-state index contributed by atoms with van der Waals surface area (Å²) < 4.78 is 30.0. The number of carboxylic acid groups (broad SMARTS) is 1. The van der Waals surface area contributed by atoms with Gasteiger partial charge in [-0.05, 0) is 49.1 Å². The highest BCUT2D eigenvalue weighted by atomic mass is 32.1. The molecule has 166 valence electrons. The second-order valence-corrected chi connectivity index (χ2v) is 9.54. The molecule has 7 heteroatoms. The standard InChI is InChI=1S/C23H30F2O4S/c24-23(25)14-19(27)16(17(23)8-3-1-2-4-10-22(28)29)11-12-18(26)21-13-15-7-5-6-9-20(15)30-21/h5-7,9,13,16-19,26-27H,1-4,8,10-12,14H2,(H,28,29)/t16-,17-,18-,19-/m1/s1. The van der Waals surface area contributed by atoms with Crippen LogP contribution in [0.25, 0.3) is 10.1 Å². The zero-order chi connectivity index (χ0) is 21.7. The maximum Gasteiger partial charge on any atom is 0.303 e. The lowest BCUT2D eigenvalue weighted by Crippen LogP contribution is -2.27. The molecule has 1 aliphatic rings. The molecule has 1 aliphatic carbocycles. The lowest BCUT2D eigenvalue weighted by atomic mass is 9.84. The van der Waals surface area contributed by atoms with E-state index in [2.05, 4.69) is 0 Å². The fourth-order valence-corrected chi connectivity index (χ4v) is 5.72. The molecule has 1 fully saturated rings. The summed E-state index contributed by atoms with van der Waals surface area (Å²) in [7, 11) is 0. The molecule has 0 spiro atoms. The van der Waals surface area contributed by atoms with Crippen LogP contribution in [0.15, 0.2) is 30.3 Å². The van der Waals surface area contributed by atoms with Crippen LogP contribution >= 0.6 is 11.3 Å². The topological polar surface area (TPSA) is 77.8 Å². The number of hydrogen-bond donors (Lipinski definition) is 3. The molecule has 4 nitrogen and oxygen atoms in total. The maximum absolute atomic E-state index is 14.5. The van der Waals surface area contributed by atoms with Crippen LogP contribution in [-0.2, 0) is 4.79 Å². The number of unbranched alkanes of at least 4 members (excludes halogenated alkanes) is 3. The first kappa shape index (κ1) is 23.1. The number of aliphatic carboxylic acids is 1. The molecule has 0 saturated heterocycles. The number of alkyl halides is 2. The molecule has 4 atom stereocenters. The number of aliphatic hydroxyl groups excluding tert-OH is 2. The Bertz CT molecular complexity index is 804. The first-order chi connectivity index (χ1) is 14.3. The van der Waals surface area contributed by atoms with E-state index < -0.39 is 42.4 Å². The highest BCUT2D eigenvalue weighted by Crippen LogP contribution is 2.49. The lowest BCUT2D eigenvalue weighted by Gasteiger charge is -2.25. The number of rotatable bonds is 11. The van der Waals surface area contributed by atoms with Crippen LogP contribution in [0, 0.1) is 11.8 Å². The van der Waals surface area contributed by atoms with E-state index in [1.54, 1.807) is 0 Å². The number of thiophene rings is 1. The fourth-order valence-electron chi connectivity index (χ4n) is 4.64. The summed E-state index contributed by atoms with van der Waals surface area (Å²) in [4.78, 5) is 11.4. The van der Waals surface area contributed by atoms with E-state index in [1.807, 2.05) is 30.3 Å². The van der Waals surface area contributed by atoms with Gasteiger partial charge in [0.25, 0.3) is 5.92 Å². The molecule has 3 rings (SSSR count). The Labute approximate surface area is 179 Å². The summed E-state index contributed by atoms with van der Waals surface area (Å²) >= 11 is 1.51. The predicted octanol–water partition coefficient (Wildman–Crippen LogP) is 5.77. The van der Waals surface area contributed by atoms with E-state index in [0.717, 1.165) is 15.0 Å². The van der Waals surface area contributed by atoms with Crippen molar-refractivity contribution in [3.05, 3.63) is 35.2 Å². The summed E-state index contributed by atoms with van der Waals surface area (Å²) in [5.41, 5.74) is 0. The monoisotopic (exact) mass is 440 g/mol. The number of carboxylic acids is 1. The molecule has 2 aromatic rings. The van der Waals surface area contributed by atoms with Gasteiger partial charge >= 0.3 is 5.97 Å². The zero-order valence-electron chi connectivity index (χ0n) is 17.0. The minimum Gasteiger partial charge on any atom is -0.481 e. The summed E-state index contributed by atoms with van der Waals surface area (Å²) in [6.45, 7) is 0. The van der Waals surface area contributed by atoms with Crippen molar-refractivity contribution >= 4 is 27.4 Å². The van der Waals surface area contributed by atoms with Crippen molar-refractivity contribution in [2.45, 2.75) is 75.9 Å². The summed E-state index contributed by atoms with van der Waals surface area (Å²) in [5, 5.41) is 30.6. The van der Waals surface area contributed by atoms with E-state index in [9.17, 15) is 23.8 Å². The SMILES string of the molecule is O=C(O)CCCCCC[C@@H]1[C@@H](CC[C@@H](O)c2cc3ccccc3s2)[C@H](O)CC1(F)F. The molecule has 0 bridgehead atoms. The minimum atomic E-state index is -2.90. The molecule has 0 radical (unpaired) electrons. The third-order valence-corrected chi connectivity index (χ3v) is 7.45. The van der Waals surface area contributed by atoms with Crippen molar-refractivity contribution in [3.63, 3.8) is 0 Å². The van der Waals surface area contributed by atoms with Gasteiger partial charge in [0.05, 0.1) is 12.2 Å². The first-order valence-electron chi connectivity index (χ1n) is 10.7. The van der Waals surface area contributed by atoms with E-state index >= 15 is 0 Å². The van der Waals surface area contributed by atoms with E-state index in [1.165, 1.54) is 11.3 Å². The zero-order valence-corrected chi connectivity index (χ0v) is 17.8. The molecule has 3 N–H and O–H groups in total. The number of halogens is 2. The fraction of sp³-hybridized carbons (Fsp3) is 0.609. The second-order valence-electron chi connectivity index (χ2n) is 8.43. The molecule has 0 aliphatic heterocycles. The van der Waals surface area contributed by atoms with E-state index in [-0.39, 0.29) is 6.42 Å². The lowest BCUT2D eigenvalue weighted by molar-refractivity contribution is -0.137. The van der Waals surface area contributed by atoms with Crippen LogP contribution in [0.4, 0.5) is 8.78 Å². The Hall–Kier alpha value is -1.57. The van der Waals surface area contributed by atoms with Gasteiger partial charge in [-0.15, -0.1) is 11.3 Å². The van der Waals surface area contributed by atoms with Gasteiger partial charge < -0.3 is 15.3 Å². The van der Waals surface area contributed by atoms with Gasteiger partial charge in [0.1, 0.15) is 0 Å². The van der Waals surface area contributed by atoms with Gasteiger partial charge in [-0.2, -0.15) is 0 Å². The molecule has 1 aromatic heterocycles.